The first-order valence-electron chi connectivity index (χ1n) is 7.19. The van der Waals surface area contributed by atoms with Gasteiger partial charge in [0.25, 0.3) is 5.91 Å². The summed E-state index contributed by atoms with van der Waals surface area (Å²) in [6, 6.07) is 5.86. The van der Waals surface area contributed by atoms with Crippen LogP contribution in [0.15, 0.2) is 18.2 Å². The minimum Gasteiger partial charge on any atom is -0.491 e. The highest BCUT2D eigenvalue weighted by Crippen LogP contribution is 2.33. The molecule has 1 saturated heterocycles. The van der Waals surface area contributed by atoms with Gasteiger partial charge in [-0.05, 0) is 37.3 Å². The lowest BCUT2D eigenvalue weighted by Gasteiger charge is -2.21. The molecule has 0 saturated carbocycles. The Bertz CT molecular complexity index is 510. The molecule has 0 spiro atoms. The van der Waals surface area contributed by atoms with E-state index in [2.05, 4.69) is 5.32 Å². The number of benzene rings is 1. The van der Waals surface area contributed by atoms with Gasteiger partial charge in [0, 0.05) is 6.54 Å². The molecule has 0 aromatic heterocycles. The summed E-state index contributed by atoms with van der Waals surface area (Å²) in [5, 5.41) is 2.93. The number of ether oxygens (including phenoxy) is 2. The van der Waals surface area contributed by atoms with Crippen molar-refractivity contribution in [3.8, 4) is 5.75 Å². The molecule has 6 heteroatoms. The van der Waals surface area contributed by atoms with E-state index in [0.717, 1.165) is 42.7 Å². The predicted octanol–water partition coefficient (Wildman–Crippen LogP) is 1.88. The van der Waals surface area contributed by atoms with Gasteiger partial charge >= 0.3 is 0 Å². The van der Waals surface area contributed by atoms with Gasteiger partial charge in [0.1, 0.15) is 11.9 Å². The van der Waals surface area contributed by atoms with Crippen molar-refractivity contribution in [2.24, 2.45) is 5.73 Å². The quantitative estimate of drug-likeness (QED) is 0.893. The Kier molecular flexibility index (Phi) is 5.45. The van der Waals surface area contributed by atoms with Crippen LogP contribution >= 0.6 is 12.4 Å². The summed E-state index contributed by atoms with van der Waals surface area (Å²) < 4.78 is 11.3. The van der Waals surface area contributed by atoms with Crippen molar-refractivity contribution in [1.29, 1.82) is 0 Å². The van der Waals surface area contributed by atoms with Gasteiger partial charge in [-0.3, -0.25) is 4.79 Å². The standard InChI is InChI=1S/C15H20N2O3.ClH/c16-9-11-6-7-13(20-11)15(18)17-12-5-1-3-10-4-2-8-19-14(10)12;/h1,3,5,11,13H,2,4,6-9,16H2,(H,17,18);1H/t11-,13+;/m1./s1. The van der Waals surface area contributed by atoms with Gasteiger partial charge in [-0.1, -0.05) is 12.1 Å². The fourth-order valence-corrected chi connectivity index (χ4v) is 2.77. The van der Waals surface area contributed by atoms with Crippen LogP contribution < -0.4 is 15.8 Å². The van der Waals surface area contributed by atoms with Crippen LogP contribution in [0.2, 0.25) is 0 Å². The zero-order valence-corrected chi connectivity index (χ0v) is 12.7. The monoisotopic (exact) mass is 312 g/mol. The molecule has 5 nitrogen and oxygen atoms in total. The van der Waals surface area contributed by atoms with E-state index in [1.54, 1.807) is 0 Å². The second kappa shape index (κ2) is 7.11. The molecule has 2 heterocycles. The minimum atomic E-state index is -0.400. The average molecular weight is 313 g/mol. The number of hydrogen-bond acceptors (Lipinski definition) is 4. The molecule has 1 amide bonds. The van der Waals surface area contributed by atoms with Gasteiger partial charge in [0.15, 0.2) is 0 Å². The van der Waals surface area contributed by atoms with Crippen molar-refractivity contribution >= 4 is 24.0 Å². The van der Waals surface area contributed by atoms with E-state index in [0.29, 0.717) is 13.2 Å². The zero-order chi connectivity index (χ0) is 13.9. The Morgan fingerprint density at radius 2 is 2.24 bits per heavy atom. The van der Waals surface area contributed by atoms with Crippen molar-refractivity contribution in [3.05, 3.63) is 23.8 Å². The fourth-order valence-electron chi connectivity index (χ4n) is 2.77. The summed E-state index contributed by atoms with van der Waals surface area (Å²) in [5.74, 6) is 0.698. The van der Waals surface area contributed by atoms with Gasteiger partial charge in [0.05, 0.1) is 18.4 Å². The van der Waals surface area contributed by atoms with Gasteiger partial charge in [0.2, 0.25) is 0 Å². The summed E-state index contributed by atoms with van der Waals surface area (Å²) in [4.78, 5) is 12.2. The number of carbonyl (C=O) groups excluding carboxylic acids is 1. The maximum Gasteiger partial charge on any atom is 0.253 e. The van der Waals surface area contributed by atoms with Gasteiger partial charge in [-0.25, -0.2) is 0 Å². The van der Waals surface area contributed by atoms with Crippen LogP contribution in [0.3, 0.4) is 0 Å². The van der Waals surface area contributed by atoms with E-state index in [4.69, 9.17) is 15.2 Å². The third-order valence-electron chi connectivity index (χ3n) is 3.85. The number of rotatable bonds is 3. The van der Waals surface area contributed by atoms with Crippen LogP contribution in [-0.2, 0) is 16.0 Å². The number of aryl methyl sites for hydroxylation is 1. The number of anilines is 1. The molecule has 2 aliphatic heterocycles. The number of para-hydroxylation sites is 1. The van der Waals surface area contributed by atoms with Gasteiger partial charge in [-0.15, -0.1) is 12.4 Å². The number of nitrogens with one attached hydrogen (secondary N) is 1. The first-order chi connectivity index (χ1) is 9.78. The Hall–Kier alpha value is -1.30. The number of amides is 1. The first kappa shape index (κ1) is 16.1. The molecule has 116 valence electrons. The van der Waals surface area contributed by atoms with E-state index >= 15 is 0 Å². The fraction of sp³-hybridized carbons (Fsp3) is 0.533. The van der Waals surface area contributed by atoms with Crippen molar-refractivity contribution in [3.63, 3.8) is 0 Å². The number of fused-ring (bicyclic) bond motifs is 1. The van der Waals surface area contributed by atoms with E-state index in [-0.39, 0.29) is 24.4 Å². The van der Waals surface area contributed by atoms with E-state index < -0.39 is 6.10 Å². The highest BCUT2D eigenvalue weighted by atomic mass is 35.5. The molecule has 0 radical (unpaired) electrons. The summed E-state index contributed by atoms with van der Waals surface area (Å²) in [5.41, 5.74) is 7.46. The Morgan fingerprint density at radius 1 is 1.38 bits per heavy atom. The highest BCUT2D eigenvalue weighted by Gasteiger charge is 2.30. The number of halogens is 1. The molecular weight excluding hydrogens is 292 g/mol. The van der Waals surface area contributed by atoms with E-state index in [1.807, 2.05) is 18.2 Å². The minimum absolute atomic E-state index is 0. The van der Waals surface area contributed by atoms with Crippen LogP contribution in [0.25, 0.3) is 0 Å². The SMILES string of the molecule is Cl.NC[C@H]1CC[C@@H](C(=O)Nc2cccc3c2OCCC3)O1. The molecular formula is C15H21ClN2O3. The van der Waals surface area contributed by atoms with Crippen LogP contribution in [0.1, 0.15) is 24.8 Å². The van der Waals surface area contributed by atoms with E-state index in [9.17, 15) is 4.79 Å². The predicted molar refractivity (Wildman–Crippen MR) is 83.1 cm³/mol. The molecule has 1 aromatic rings. The third-order valence-corrected chi connectivity index (χ3v) is 3.85. The van der Waals surface area contributed by atoms with Crippen LogP contribution in [0.5, 0.6) is 5.75 Å². The van der Waals surface area contributed by atoms with Crippen molar-refractivity contribution in [2.45, 2.75) is 37.9 Å². The maximum atomic E-state index is 12.2. The first-order valence-corrected chi connectivity index (χ1v) is 7.19. The molecule has 3 rings (SSSR count). The third kappa shape index (κ3) is 3.48. The zero-order valence-electron chi connectivity index (χ0n) is 11.8. The second-order valence-electron chi connectivity index (χ2n) is 5.29. The molecule has 1 fully saturated rings. The van der Waals surface area contributed by atoms with Crippen LogP contribution in [0.4, 0.5) is 5.69 Å². The van der Waals surface area contributed by atoms with Crippen LogP contribution in [-0.4, -0.2) is 31.3 Å². The molecule has 2 atom stereocenters. The molecule has 0 bridgehead atoms. The molecule has 0 unspecified atom stereocenters. The smallest absolute Gasteiger partial charge is 0.253 e. The van der Waals surface area contributed by atoms with E-state index in [1.165, 1.54) is 0 Å². The van der Waals surface area contributed by atoms with Crippen molar-refractivity contribution in [1.82, 2.24) is 0 Å². The molecule has 0 aliphatic carbocycles. The highest BCUT2D eigenvalue weighted by molar-refractivity contribution is 5.95. The van der Waals surface area contributed by atoms with Gasteiger partial charge in [-0.2, -0.15) is 0 Å². The average Bonchev–Trinajstić information content (AvgIpc) is 2.97. The summed E-state index contributed by atoms with van der Waals surface area (Å²) >= 11 is 0. The topological polar surface area (TPSA) is 73.6 Å². The summed E-state index contributed by atoms with van der Waals surface area (Å²) in [7, 11) is 0. The molecule has 2 aliphatic rings. The molecule has 21 heavy (non-hydrogen) atoms. The normalized spacial score (nSPS) is 23.7. The summed E-state index contributed by atoms with van der Waals surface area (Å²) in [6.45, 7) is 1.17. The Morgan fingerprint density at radius 3 is 3.00 bits per heavy atom. The number of carbonyl (C=O) groups is 1. The Balaban J connectivity index is 0.00000161. The van der Waals surface area contributed by atoms with Crippen molar-refractivity contribution in [2.75, 3.05) is 18.5 Å². The number of hydrogen-bond donors (Lipinski definition) is 2. The lowest BCUT2D eigenvalue weighted by Crippen LogP contribution is -2.30. The molecule has 1 aromatic carbocycles. The largest absolute Gasteiger partial charge is 0.491 e. The summed E-state index contributed by atoms with van der Waals surface area (Å²) in [6.07, 6.45) is 3.19. The maximum absolute atomic E-state index is 12.2. The molecule has 3 N–H and O–H groups in total. The van der Waals surface area contributed by atoms with Crippen molar-refractivity contribution < 1.29 is 14.3 Å². The van der Waals surface area contributed by atoms with Crippen LogP contribution in [0, 0.1) is 0 Å². The lowest BCUT2D eigenvalue weighted by atomic mass is 10.1. The second-order valence-corrected chi connectivity index (χ2v) is 5.29. The Labute approximate surface area is 130 Å². The van der Waals surface area contributed by atoms with Gasteiger partial charge < -0.3 is 20.5 Å². The lowest BCUT2D eigenvalue weighted by molar-refractivity contribution is -0.126. The number of nitrogens with two attached hydrogens (primary N) is 1.